The van der Waals surface area contributed by atoms with Crippen molar-refractivity contribution < 1.29 is 0 Å². The zero-order chi connectivity index (χ0) is 15.4. The van der Waals surface area contributed by atoms with Crippen LogP contribution < -0.4 is 5.32 Å². The number of halogens is 1. The Labute approximate surface area is 140 Å². The van der Waals surface area contributed by atoms with E-state index in [0.29, 0.717) is 12.1 Å². The van der Waals surface area contributed by atoms with E-state index in [1.54, 1.807) is 0 Å². The maximum Gasteiger partial charge on any atom is 0.126 e. The highest BCUT2D eigenvalue weighted by atomic mass is 79.9. The van der Waals surface area contributed by atoms with Crippen LogP contribution in [0.25, 0.3) is 0 Å². The van der Waals surface area contributed by atoms with Crippen LogP contribution in [-0.2, 0) is 0 Å². The van der Waals surface area contributed by atoms with Gasteiger partial charge in [0, 0.05) is 35.8 Å². The fraction of sp³-hybridized carbons (Fsp3) is 0.389. The number of pyridine rings is 1. The summed E-state index contributed by atoms with van der Waals surface area (Å²) in [5, 5.41) is 3.55. The van der Waals surface area contributed by atoms with Gasteiger partial charge in [-0.15, -0.1) is 0 Å². The third-order valence-electron chi connectivity index (χ3n) is 4.44. The Morgan fingerprint density at radius 3 is 2.50 bits per heavy atom. The third-order valence-corrected chi connectivity index (χ3v) is 4.91. The van der Waals surface area contributed by atoms with Crippen molar-refractivity contribution in [3.05, 3.63) is 58.7 Å². The second kappa shape index (κ2) is 7.25. The average Bonchev–Trinajstić information content (AvgIpc) is 2.58. The molecular formula is C18H22BrN3. The largest absolute Gasteiger partial charge is 0.367 e. The van der Waals surface area contributed by atoms with E-state index in [9.17, 15) is 0 Å². The summed E-state index contributed by atoms with van der Waals surface area (Å²) in [6.45, 7) is 4.56. The van der Waals surface area contributed by atoms with Gasteiger partial charge < -0.3 is 5.32 Å². The van der Waals surface area contributed by atoms with E-state index in [2.05, 4.69) is 68.4 Å². The number of benzene rings is 1. The Morgan fingerprint density at radius 2 is 1.86 bits per heavy atom. The highest BCUT2D eigenvalue weighted by Gasteiger charge is 2.23. The van der Waals surface area contributed by atoms with Crippen molar-refractivity contribution in [2.45, 2.75) is 31.8 Å². The smallest absolute Gasteiger partial charge is 0.126 e. The number of nitrogens with one attached hydrogen (secondary N) is 1. The van der Waals surface area contributed by atoms with Crippen LogP contribution in [0, 0.1) is 0 Å². The van der Waals surface area contributed by atoms with E-state index < -0.39 is 0 Å². The Bertz CT molecular complexity index is 577. The molecule has 1 aliphatic rings. The van der Waals surface area contributed by atoms with E-state index in [1.807, 2.05) is 18.3 Å². The Kier molecular flexibility index (Phi) is 5.11. The van der Waals surface area contributed by atoms with Gasteiger partial charge in [0.25, 0.3) is 0 Å². The molecule has 0 spiro atoms. The number of piperidine rings is 1. The fourth-order valence-electron chi connectivity index (χ4n) is 3.04. The second-order valence-electron chi connectivity index (χ2n) is 5.90. The van der Waals surface area contributed by atoms with Crippen molar-refractivity contribution in [1.29, 1.82) is 0 Å². The topological polar surface area (TPSA) is 28.2 Å². The van der Waals surface area contributed by atoms with Crippen molar-refractivity contribution in [3.8, 4) is 0 Å². The molecule has 3 rings (SSSR count). The Hall–Kier alpha value is -1.39. The van der Waals surface area contributed by atoms with Crippen LogP contribution in [0.5, 0.6) is 0 Å². The van der Waals surface area contributed by atoms with Gasteiger partial charge in [-0.05, 0) is 53.4 Å². The van der Waals surface area contributed by atoms with Crippen LogP contribution in [0.2, 0.25) is 0 Å². The molecule has 1 saturated heterocycles. The molecule has 3 nitrogen and oxygen atoms in total. The number of anilines is 1. The zero-order valence-electron chi connectivity index (χ0n) is 12.9. The quantitative estimate of drug-likeness (QED) is 0.871. The van der Waals surface area contributed by atoms with Crippen LogP contribution in [-0.4, -0.2) is 29.0 Å². The maximum absolute atomic E-state index is 4.40. The van der Waals surface area contributed by atoms with Gasteiger partial charge in [-0.25, -0.2) is 4.98 Å². The van der Waals surface area contributed by atoms with Gasteiger partial charge in [-0.2, -0.15) is 0 Å². The number of likely N-dealkylation sites (tertiary alicyclic amines) is 1. The van der Waals surface area contributed by atoms with Crippen molar-refractivity contribution in [3.63, 3.8) is 0 Å². The molecule has 2 aromatic rings. The molecule has 1 unspecified atom stereocenters. The van der Waals surface area contributed by atoms with E-state index in [4.69, 9.17) is 0 Å². The number of rotatable bonds is 4. The summed E-state index contributed by atoms with van der Waals surface area (Å²) in [7, 11) is 0. The van der Waals surface area contributed by atoms with Crippen molar-refractivity contribution in [1.82, 2.24) is 9.88 Å². The maximum atomic E-state index is 4.40. The summed E-state index contributed by atoms with van der Waals surface area (Å²) in [6.07, 6.45) is 4.17. The van der Waals surface area contributed by atoms with Gasteiger partial charge in [0.15, 0.2) is 0 Å². The molecule has 22 heavy (non-hydrogen) atoms. The normalized spacial score (nSPS) is 18.1. The minimum Gasteiger partial charge on any atom is -0.367 e. The zero-order valence-corrected chi connectivity index (χ0v) is 14.5. The van der Waals surface area contributed by atoms with Gasteiger partial charge in [-0.3, -0.25) is 4.90 Å². The summed E-state index contributed by atoms with van der Waals surface area (Å²) in [5.41, 5.74) is 1.41. The highest BCUT2D eigenvalue weighted by Crippen LogP contribution is 2.25. The number of aromatic nitrogens is 1. The molecule has 116 valence electrons. The van der Waals surface area contributed by atoms with E-state index in [1.165, 1.54) is 5.56 Å². The molecule has 1 aromatic carbocycles. The monoisotopic (exact) mass is 359 g/mol. The van der Waals surface area contributed by atoms with Crippen LogP contribution in [0.4, 0.5) is 5.82 Å². The van der Waals surface area contributed by atoms with E-state index in [0.717, 1.165) is 36.2 Å². The summed E-state index contributed by atoms with van der Waals surface area (Å²) in [4.78, 5) is 6.97. The first-order valence-corrected chi connectivity index (χ1v) is 8.69. The number of hydrogen-bond donors (Lipinski definition) is 1. The van der Waals surface area contributed by atoms with Gasteiger partial charge in [0.05, 0.1) is 0 Å². The lowest BCUT2D eigenvalue weighted by Gasteiger charge is -2.36. The molecule has 4 heteroatoms. The predicted octanol–water partition coefficient (Wildman–Crippen LogP) is 4.48. The lowest BCUT2D eigenvalue weighted by Crippen LogP contribution is -2.40. The van der Waals surface area contributed by atoms with Crippen molar-refractivity contribution >= 4 is 21.7 Å². The molecule has 1 aromatic heterocycles. The SMILES string of the molecule is CC(c1ccccc1)N1CCC(Nc2ccc(Br)cn2)CC1. The first-order chi connectivity index (χ1) is 10.7. The number of nitrogens with zero attached hydrogens (tertiary/aromatic N) is 2. The molecule has 1 N–H and O–H groups in total. The van der Waals surface area contributed by atoms with Crippen LogP contribution in [0.15, 0.2) is 53.1 Å². The molecule has 0 bridgehead atoms. The summed E-state index contributed by atoms with van der Waals surface area (Å²) < 4.78 is 1.02. The first-order valence-electron chi connectivity index (χ1n) is 7.89. The molecule has 0 amide bonds. The molecule has 1 aliphatic heterocycles. The van der Waals surface area contributed by atoms with Gasteiger partial charge in [0.2, 0.25) is 0 Å². The standard InChI is InChI=1S/C18H22BrN3/c1-14(15-5-3-2-4-6-15)22-11-9-17(10-12-22)21-18-8-7-16(19)13-20-18/h2-8,13-14,17H,9-12H2,1H3,(H,20,21). The van der Waals surface area contributed by atoms with Gasteiger partial charge in [-0.1, -0.05) is 30.3 Å². The van der Waals surface area contributed by atoms with Crippen molar-refractivity contribution in [2.75, 3.05) is 18.4 Å². The van der Waals surface area contributed by atoms with Crippen LogP contribution >= 0.6 is 15.9 Å². The van der Waals surface area contributed by atoms with Crippen LogP contribution in [0.1, 0.15) is 31.4 Å². The lowest BCUT2D eigenvalue weighted by molar-refractivity contribution is 0.167. The molecule has 2 heterocycles. The summed E-state index contributed by atoms with van der Waals surface area (Å²) >= 11 is 3.42. The summed E-state index contributed by atoms with van der Waals surface area (Å²) in [5.74, 6) is 0.970. The van der Waals surface area contributed by atoms with Crippen LogP contribution in [0.3, 0.4) is 0 Å². The van der Waals surface area contributed by atoms with Gasteiger partial charge in [0.1, 0.15) is 5.82 Å². The minimum atomic E-state index is 0.493. The lowest BCUT2D eigenvalue weighted by atomic mass is 10.0. The Morgan fingerprint density at radius 1 is 1.14 bits per heavy atom. The van der Waals surface area contributed by atoms with Gasteiger partial charge >= 0.3 is 0 Å². The van der Waals surface area contributed by atoms with Crippen molar-refractivity contribution in [2.24, 2.45) is 0 Å². The molecule has 0 radical (unpaired) electrons. The molecular weight excluding hydrogens is 338 g/mol. The highest BCUT2D eigenvalue weighted by molar-refractivity contribution is 9.10. The molecule has 1 fully saturated rings. The average molecular weight is 360 g/mol. The first kappa shape index (κ1) is 15.5. The van der Waals surface area contributed by atoms with E-state index >= 15 is 0 Å². The number of hydrogen-bond acceptors (Lipinski definition) is 3. The van der Waals surface area contributed by atoms with E-state index in [-0.39, 0.29) is 0 Å². The predicted molar refractivity (Wildman–Crippen MR) is 95.0 cm³/mol. The molecule has 1 atom stereocenters. The third kappa shape index (κ3) is 3.87. The molecule has 0 aliphatic carbocycles. The molecule has 0 saturated carbocycles. The summed E-state index contributed by atoms with van der Waals surface area (Å²) in [6, 6.07) is 15.9. The fourth-order valence-corrected chi connectivity index (χ4v) is 3.28. The Balaban J connectivity index is 1.53. The minimum absolute atomic E-state index is 0.493. The second-order valence-corrected chi connectivity index (χ2v) is 6.82.